The molecule has 1 N–H and O–H groups in total. The van der Waals surface area contributed by atoms with Gasteiger partial charge in [-0.25, -0.2) is 0 Å². The maximum atomic E-state index is 12.8. The Kier molecular flexibility index (Phi) is 3.61. The molecule has 2 fully saturated rings. The molecule has 4 unspecified atom stereocenters. The molecule has 138 valence electrons. The summed E-state index contributed by atoms with van der Waals surface area (Å²) in [5, 5.41) is 3.03. The van der Waals surface area contributed by atoms with Gasteiger partial charge in [0, 0.05) is 30.8 Å². The topological polar surface area (TPSA) is 68.3 Å². The van der Waals surface area contributed by atoms with E-state index < -0.39 is 5.60 Å². The molecule has 5 heteroatoms. The molecule has 1 aliphatic heterocycles. The van der Waals surface area contributed by atoms with E-state index in [-0.39, 0.29) is 23.5 Å². The molecule has 2 saturated carbocycles. The molecule has 1 aromatic heterocycles. The number of carbonyl (C=O) groups excluding carboxylic acids is 2. The number of nitrogens with zero attached hydrogens (tertiary/aromatic N) is 1. The third-order valence-electron chi connectivity index (χ3n) is 6.38. The summed E-state index contributed by atoms with van der Waals surface area (Å²) in [6.45, 7) is 2.46. The van der Waals surface area contributed by atoms with Gasteiger partial charge >= 0.3 is 0 Å². The van der Waals surface area contributed by atoms with E-state index in [2.05, 4.69) is 10.3 Å². The van der Waals surface area contributed by atoms with Crippen molar-refractivity contribution in [1.29, 1.82) is 0 Å². The first-order valence-electron chi connectivity index (χ1n) is 9.57. The third-order valence-corrected chi connectivity index (χ3v) is 6.38. The number of aryl methyl sites for hydroxylation is 1. The number of fused-ring (bicyclic) bond motifs is 3. The highest BCUT2D eigenvalue weighted by molar-refractivity contribution is 6.01. The van der Waals surface area contributed by atoms with Gasteiger partial charge in [0.1, 0.15) is 11.4 Å². The van der Waals surface area contributed by atoms with E-state index in [1.807, 2.05) is 37.3 Å². The normalized spacial score (nSPS) is 30.4. The second-order valence-corrected chi connectivity index (χ2v) is 8.10. The predicted molar refractivity (Wildman–Crippen MR) is 99.3 cm³/mol. The molecule has 1 aromatic carbocycles. The van der Waals surface area contributed by atoms with Crippen LogP contribution in [0.4, 0.5) is 0 Å². The number of hydrogen-bond donors (Lipinski definition) is 1. The first-order chi connectivity index (χ1) is 13.1. The van der Waals surface area contributed by atoms with Crippen LogP contribution in [0.15, 0.2) is 42.7 Å². The molecule has 0 bridgehead atoms. The van der Waals surface area contributed by atoms with E-state index in [1.165, 1.54) is 0 Å². The van der Waals surface area contributed by atoms with Gasteiger partial charge in [0.2, 0.25) is 5.91 Å². The monoisotopic (exact) mass is 362 g/mol. The molecule has 2 aromatic rings. The zero-order valence-electron chi connectivity index (χ0n) is 15.3. The van der Waals surface area contributed by atoms with Crippen LogP contribution in [0.2, 0.25) is 0 Å². The van der Waals surface area contributed by atoms with Crippen molar-refractivity contribution in [2.45, 2.75) is 38.3 Å². The van der Waals surface area contributed by atoms with Gasteiger partial charge < -0.3 is 10.1 Å². The number of amides is 1. The number of carbonyl (C=O) groups is 2. The quantitative estimate of drug-likeness (QED) is 0.911. The summed E-state index contributed by atoms with van der Waals surface area (Å²) in [7, 11) is 0. The first kappa shape index (κ1) is 16.5. The van der Waals surface area contributed by atoms with Crippen molar-refractivity contribution in [3.05, 3.63) is 59.4 Å². The molecule has 5 nitrogen and oxygen atoms in total. The van der Waals surface area contributed by atoms with Gasteiger partial charge in [0.05, 0.1) is 12.0 Å². The van der Waals surface area contributed by atoms with Gasteiger partial charge in [-0.1, -0.05) is 17.7 Å². The lowest BCUT2D eigenvalue weighted by Gasteiger charge is -2.37. The highest BCUT2D eigenvalue weighted by Gasteiger charge is 2.70. The molecule has 2 aliphatic carbocycles. The highest BCUT2D eigenvalue weighted by atomic mass is 16.5. The van der Waals surface area contributed by atoms with Crippen LogP contribution >= 0.6 is 0 Å². The zero-order chi connectivity index (χ0) is 18.6. The maximum Gasteiger partial charge on any atom is 0.224 e. The molecule has 3 aliphatic rings. The summed E-state index contributed by atoms with van der Waals surface area (Å²) in [5.41, 5.74) is 2.23. The van der Waals surface area contributed by atoms with Crippen LogP contribution in [-0.4, -0.2) is 22.3 Å². The Labute approximate surface area is 158 Å². The number of benzene rings is 1. The Morgan fingerprint density at radius 3 is 3.07 bits per heavy atom. The van der Waals surface area contributed by atoms with Crippen molar-refractivity contribution in [3.8, 4) is 5.75 Å². The van der Waals surface area contributed by atoms with Gasteiger partial charge in [0.25, 0.3) is 0 Å². The van der Waals surface area contributed by atoms with E-state index in [9.17, 15) is 9.59 Å². The number of Topliss-reactive ketones (excluding diaryl/α,β-unsaturated/α-hetero) is 1. The van der Waals surface area contributed by atoms with E-state index in [0.29, 0.717) is 30.2 Å². The molecule has 27 heavy (non-hydrogen) atoms. The second-order valence-electron chi connectivity index (χ2n) is 8.10. The van der Waals surface area contributed by atoms with Crippen LogP contribution in [-0.2, 0) is 11.3 Å². The number of nitrogens with one attached hydrogen (secondary N) is 1. The Balaban J connectivity index is 1.31. The largest absolute Gasteiger partial charge is 0.486 e. The lowest BCUT2D eigenvalue weighted by Crippen LogP contribution is -2.44. The van der Waals surface area contributed by atoms with E-state index in [4.69, 9.17) is 4.74 Å². The summed E-state index contributed by atoms with van der Waals surface area (Å²) in [6, 6.07) is 9.59. The Bertz CT molecular complexity index is 926. The van der Waals surface area contributed by atoms with Crippen molar-refractivity contribution >= 4 is 11.7 Å². The molecule has 5 rings (SSSR count). The molecule has 0 saturated heterocycles. The van der Waals surface area contributed by atoms with Crippen LogP contribution in [0, 0.1) is 24.7 Å². The molecular formula is C22H22N2O3. The van der Waals surface area contributed by atoms with Crippen molar-refractivity contribution < 1.29 is 14.3 Å². The van der Waals surface area contributed by atoms with Crippen LogP contribution in [0.1, 0.15) is 40.7 Å². The predicted octanol–water partition coefficient (Wildman–Crippen LogP) is 3.07. The fraction of sp³-hybridized carbons (Fsp3) is 0.409. The SMILES string of the molecule is Cc1ccc2c(c1)C(=O)CC1(CCC3C(C(=O)NCc4cccnc4)C31)O2. The van der Waals surface area contributed by atoms with Gasteiger partial charge in [0.15, 0.2) is 5.78 Å². The summed E-state index contributed by atoms with van der Waals surface area (Å²) in [4.78, 5) is 29.6. The van der Waals surface area contributed by atoms with Crippen LogP contribution in [0.5, 0.6) is 5.75 Å². The van der Waals surface area contributed by atoms with Crippen molar-refractivity contribution in [1.82, 2.24) is 10.3 Å². The minimum atomic E-state index is -0.500. The van der Waals surface area contributed by atoms with Crippen LogP contribution in [0.3, 0.4) is 0 Å². The molecule has 4 atom stereocenters. The number of rotatable bonds is 3. The zero-order valence-corrected chi connectivity index (χ0v) is 15.3. The van der Waals surface area contributed by atoms with Crippen molar-refractivity contribution in [3.63, 3.8) is 0 Å². The average molecular weight is 362 g/mol. The standard InChI is InChI=1S/C22H22N2O3/c1-13-4-5-18-16(9-13)17(25)10-22(27-18)7-6-15-19(20(15)22)21(26)24-12-14-3-2-8-23-11-14/h2-5,8-9,11,15,19-20H,6-7,10,12H2,1H3,(H,24,26). The van der Waals surface area contributed by atoms with Gasteiger partial charge in [-0.05, 0) is 49.4 Å². The fourth-order valence-corrected chi connectivity index (χ4v) is 5.09. The van der Waals surface area contributed by atoms with Gasteiger partial charge in [-0.2, -0.15) is 0 Å². The smallest absolute Gasteiger partial charge is 0.224 e. The summed E-state index contributed by atoms with van der Waals surface area (Å²) < 4.78 is 6.39. The Morgan fingerprint density at radius 1 is 1.37 bits per heavy atom. The van der Waals surface area contributed by atoms with Crippen molar-refractivity contribution in [2.75, 3.05) is 0 Å². The maximum absolute atomic E-state index is 12.8. The number of aromatic nitrogens is 1. The molecule has 1 amide bonds. The summed E-state index contributed by atoms with van der Waals surface area (Å²) in [6.07, 6.45) is 5.67. The van der Waals surface area contributed by atoms with E-state index in [1.54, 1.807) is 12.4 Å². The third kappa shape index (κ3) is 2.64. The molecule has 0 radical (unpaired) electrons. The molecule has 2 heterocycles. The summed E-state index contributed by atoms with van der Waals surface area (Å²) >= 11 is 0. The minimum absolute atomic E-state index is 0.0461. The lowest BCUT2D eigenvalue weighted by molar-refractivity contribution is -0.124. The number of ether oxygens (including phenoxy) is 1. The lowest BCUT2D eigenvalue weighted by atomic mass is 9.84. The minimum Gasteiger partial charge on any atom is -0.486 e. The highest BCUT2D eigenvalue weighted by Crippen LogP contribution is 2.65. The summed E-state index contributed by atoms with van der Waals surface area (Å²) in [5.74, 6) is 1.32. The Hall–Kier alpha value is -2.69. The second kappa shape index (κ2) is 5.91. The number of pyridine rings is 1. The molecular weight excluding hydrogens is 340 g/mol. The Morgan fingerprint density at radius 2 is 2.26 bits per heavy atom. The van der Waals surface area contributed by atoms with Crippen molar-refractivity contribution in [2.24, 2.45) is 17.8 Å². The van der Waals surface area contributed by atoms with E-state index in [0.717, 1.165) is 24.0 Å². The van der Waals surface area contributed by atoms with Gasteiger partial charge in [-0.3, -0.25) is 14.6 Å². The van der Waals surface area contributed by atoms with Crippen LogP contribution in [0.25, 0.3) is 0 Å². The first-order valence-corrected chi connectivity index (χ1v) is 9.57. The fourth-order valence-electron chi connectivity index (χ4n) is 5.09. The van der Waals surface area contributed by atoms with E-state index >= 15 is 0 Å². The average Bonchev–Trinajstić information content (AvgIpc) is 3.32. The van der Waals surface area contributed by atoms with Crippen LogP contribution < -0.4 is 10.1 Å². The number of hydrogen-bond acceptors (Lipinski definition) is 4. The molecule has 1 spiro atoms. The van der Waals surface area contributed by atoms with Gasteiger partial charge in [-0.15, -0.1) is 0 Å². The number of ketones is 1.